The summed E-state index contributed by atoms with van der Waals surface area (Å²) in [7, 11) is -1.03. The molecular formula is C16H18N4OS. The van der Waals surface area contributed by atoms with Crippen LogP contribution in [0.2, 0.25) is 0 Å². The van der Waals surface area contributed by atoms with Crippen LogP contribution in [0, 0.1) is 0 Å². The van der Waals surface area contributed by atoms with Crippen molar-refractivity contribution in [3.8, 4) is 0 Å². The van der Waals surface area contributed by atoms with Gasteiger partial charge in [0, 0.05) is 23.1 Å². The van der Waals surface area contributed by atoms with Gasteiger partial charge < -0.3 is 0 Å². The zero-order valence-corrected chi connectivity index (χ0v) is 13.3. The highest BCUT2D eigenvalue weighted by Gasteiger charge is 2.11. The molecule has 5 nitrogen and oxygen atoms in total. The second kappa shape index (κ2) is 6.79. The molecule has 3 rings (SSSR count). The molecule has 0 aliphatic carbocycles. The zero-order chi connectivity index (χ0) is 15.4. The second-order valence-electron chi connectivity index (χ2n) is 5.19. The van der Waals surface area contributed by atoms with Gasteiger partial charge in [0.2, 0.25) is 0 Å². The Labute approximate surface area is 131 Å². The minimum atomic E-state index is -1.03. The first-order chi connectivity index (χ1) is 10.8. The van der Waals surface area contributed by atoms with Crippen molar-refractivity contribution in [1.82, 2.24) is 20.2 Å². The number of fused-ring (bicyclic) bond motifs is 1. The van der Waals surface area contributed by atoms with Crippen molar-refractivity contribution in [1.29, 1.82) is 0 Å². The van der Waals surface area contributed by atoms with Gasteiger partial charge in [0.25, 0.3) is 0 Å². The molecule has 6 heteroatoms. The predicted molar refractivity (Wildman–Crippen MR) is 87.6 cm³/mol. The Hall–Kier alpha value is -2.08. The molecule has 0 aliphatic heterocycles. The number of hydrogen-bond acceptors (Lipinski definition) is 4. The Balaban J connectivity index is 1.77. The molecule has 0 amide bonds. The monoisotopic (exact) mass is 314 g/mol. The summed E-state index contributed by atoms with van der Waals surface area (Å²) < 4.78 is 14.2. The normalized spacial score (nSPS) is 12.6. The van der Waals surface area contributed by atoms with Crippen LogP contribution >= 0.6 is 0 Å². The molecule has 0 bridgehead atoms. The second-order valence-corrected chi connectivity index (χ2v) is 6.64. The van der Waals surface area contributed by atoms with Crippen LogP contribution in [0.25, 0.3) is 10.8 Å². The average Bonchev–Trinajstić information content (AvgIpc) is 2.95. The molecule has 0 radical (unpaired) electrons. The van der Waals surface area contributed by atoms with Gasteiger partial charge in [-0.05, 0) is 33.2 Å². The Morgan fingerprint density at radius 2 is 1.91 bits per heavy atom. The molecule has 22 heavy (non-hydrogen) atoms. The van der Waals surface area contributed by atoms with E-state index in [1.165, 1.54) is 5.39 Å². The number of nitrogens with zero attached hydrogens (tertiary/aromatic N) is 4. The van der Waals surface area contributed by atoms with E-state index in [1.807, 2.05) is 24.3 Å². The van der Waals surface area contributed by atoms with E-state index in [-0.39, 0.29) is 0 Å². The fourth-order valence-electron chi connectivity index (χ4n) is 2.50. The molecule has 0 fully saturated rings. The van der Waals surface area contributed by atoms with Crippen molar-refractivity contribution in [3.05, 3.63) is 53.9 Å². The van der Waals surface area contributed by atoms with Crippen LogP contribution in [0.3, 0.4) is 0 Å². The Morgan fingerprint density at radius 1 is 1.09 bits per heavy atom. The molecule has 2 aromatic carbocycles. The Morgan fingerprint density at radius 3 is 2.77 bits per heavy atom. The van der Waals surface area contributed by atoms with E-state index < -0.39 is 10.8 Å². The highest BCUT2D eigenvalue weighted by Crippen LogP contribution is 2.20. The lowest BCUT2D eigenvalue weighted by atomic mass is 10.1. The first-order valence-corrected chi connectivity index (χ1v) is 8.83. The maximum absolute atomic E-state index is 12.5. The van der Waals surface area contributed by atoms with Crippen LogP contribution in [0.1, 0.15) is 24.7 Å². The molecule has 114 valence electrons. The number of aryl methyl sites for hydroxylation is 1. The van der Waals surface area contributed by atoms with Crippen LogP contribution in [0.15, 0.2) is 42.5 Å². The minimum absolute atomic E-state index is 0.385. The van der Waals surface area contributed by atoms with E-state index in [9.17, 15) is 4.21 Å². The van der Waals surface area contributed by atoms with Gasteiger partial charge in [-0.3, -0.25) is 4.21 Å². The van der Waals surface area contributed by atoms with Gasteiger partial charge in [0.15, 0.2) is 5.82 Å². The van der Waals surface area contributed by atoms with E-state index in [1.54, 1.807) is 4.68 Å². The van der Waals surface area contributed by atoms with Crippen LogP contribution < -0.4 is 0 Å². The maximum atomic E-state index is 12.5. The van der Waals surface area contributed by atoms with Crippen LogP contribution in [-0.4, -0.2) is 24.4 Å². The number of aromatic nitrogens is 4. The van der Waals surface area contributed by atoms with Gasteiger partial charge in [-0.1, -0.05) is 49.4 Å². The van der Waals surface area contributed by atoms with E-state index in [4.69, 9.17) is 0 Å². The van der Waals surface area contributed by atoms with Gasteiger partial charge in [0.05, 0.1) is 5.75 Å². The maximum Gasteiger partial charge on any atom is 0.163 e. The molecule has 0 saturated carbocycles. The van der Waals surface area contributed by atoms with Crippen molar-refractivity contribution in [2.24, 2.45) is 0 Å². The SMILES string of the molecule is CCCn1nnnc1C[S@](=O)Cc1cccc2ccccc12. The standard InChI is InChI=1S/C16H18N4OS/c1-2-10-20-16(17-18-19-20)12-22(21)11-14-8-5-7-13-6-3-4-9-15(13)14/h3-9H,2,10-12H2,1H3/t22-/m1/s1. The number of tetrazole rings is 1. The first kappa shape index (κ1) is 14.8. The molecule has 0 spiro atoms. The zero-order valence-electron chi connectivity index (χ0n) is 12.5. The molecular weight excluding hydrogens is 296 g/mol. The molecule has 3 aromatic rings. The molecule has 0 saturated heterocycles. The van der Waals surface area contributed by atoms with Crippen molar-refractivity contribution in [2.45, 2.75) is 31.4 Å². The summed E-state index contributed by atoms with van der Waals surface area (Å²) in [5.41, 5.74) is 1.10. The highest BCUT2D eigenvalue weighted by atomic mass is 32.2. The lowest BCUT2D eigenvalue weighted by Gasteiger charge is -2.07. The van der Waals surface area contributed by atoms with Crippen molar-refractivity contribution < 1.29 is 4.21 Å². The Bertz CT molecular complexity index is 794. The van der Waals surface area contributed by atoms with Gasteiger partial charge >= 0.3 is 0 Å². The molecule has 0 aliphatic rings. The third-order valence-electron chi connectivity index (χ3n) is 3.53. The fourth-order valence-corrected chi connectivity index (χ4v) is 3.69. The summed E-state index contributed by atoms with van der Waals surface area (Å²) >= 11 is 0. The van der Waals surface area contributed by atoms with E-state index >= 15 is 0 Å². The fraction of sp³-hybridized carbons (Fsp3) is 0.312. The van der Waals surface area contributed by atoms with E-state index in [0.717, 1.165) is 23.9 Å². The van der Waals surface area contributed by atoms with Gasteiger partial charge in [0.1, 0.15) is 0 Å². The summed E-state index contributed by atoms with van der Waals surface area (Å²) in [6.45, 7) is 2.83. The first-order valence-electron chi connectivity index (χ1n) is 7.34. The molecule has 0 unspecified atom stereocenters. The predicted octanol–water partition coefficient (Wildman–Crippen LogP) is 2.69. The van der Waals surface area contributed by atoms with Gasteiger partial charge in [-0.2, -0.15) is 0 Å². The molecule has 0 N–H and O–H groups in total. The molecule has 1 heterocycles. The third kappa shape index (κ3) is 3.22. The van der Waals surface area contributed by atoms with Crippen LogP contribution in [0.4, 0.5) is 0 Å². The average molecular weight is 314 g/mol. The summed E-state index contributed by atoms with van der Waals surface area (Å²) in [6, 6.07) is 14.3. The van der Waals surface area contributed by atoms with Crippen molar-refractivity contribution >= 4 is 21.6 Å². The van der Waals surface area contributed by atoms with Crippen LogP contribution in [0.5, 0.6) is 0 Å². The highest BCUT2D eigenvalue weighted by molar-refractivity contribution is 7.83. The van der Waals surface area contributed by atoms with Crippen molar-refractivity contribution in [2.75, 3.05) is 0 Å². The van der Waals surface area contributed by atoms with E-state index in [0.29, 0.717) is 17.3 Å². The third-order valence-corrected chi connectivity index (χ3v) is 4.74. The van der Waals surface area contributed by atoms with Gasteiger partial charge in [-0.25, -0.2) is 4.68 Å². The Kier molecular flexibility index (Phi) is 4.58. The molecule has 1 aromatic heterocycles. The van der Waals surface area contributed by atoms with Gasteiger partial charge in [-0.15, -0.1) is 5.10 Å². The smallest absolute Gasteiger partial charge is 0.163 e. The number of benzene rings is 2. The minimum Gasteiger partial charge on any atom is -0.259 e. The summed E-state index contributed by atoms with van der Waals surface area (Å²) in [4.78, 5) is 0. The summed E-state index contributed by atoms with van der Waals surface area (Å²) in [6.07, 6.45) is 0.952. The number of hydrogen-bond donors (Lipinski definition) is 0. The van der Waals surface area contributed by atoms with Crippen LogP contribution in [-0.2, 0) is 28.9 Å². The summed E-state index contributed by atoms with van der Waals surface area (Å²) in [5.74, 6) is 1.59. The largest absolute Gasteiger partial charge is 0.259 e. The lowest BCUT2D eigenvalue weighted by molar-refractivity contribution is 0.562. The molecule has 1 atom stereocenters. The quantitative estimate of drug-likeness (QED) is 0.702. The number of rotatable bonds is 6. The topological polar surface area (TPSA) is 60.7 Å². The summed E-state index contributed by atoms with van der Waals surface area (Å²) in [5, 5.41) is 13.9. The lowest BCUT2D eigenvalue weighted by Crippen LogP contribution is -2.09. The van der Waals surface area contributed by atoms with Crippen molar-refractivity contribution in [3.63, 3.8) is 0 Å². The van der Waals surface area contributed by atoms with E-state index in [2.05, 4.69) is 40.6 Å².